The summed E-state index contributed by atoms with van der Waals surface area (Å²) in [6, 6.07) is 7.46. The highest BCUT2D eigenvalue weighted by atomic mass is 16.6. The number of ether oxygens (including phenoxy) is 6. The molecule has 0 aromatic heterocycles. The van der Waals surface area contributed by atoms with Crippen molar-refractivity contribution in [2.75, 3.05) is 72.7 Å². The maximum atomic E-state index is 10.8. The van der Waals surface area contributed by atoms with Gasteiger partial charge in [-0.05, 0) is 37.8 Å². The van der Waals surface area contributed by atoms with Crippen molar-refractivity contribution in [1.29, 1.82) is 0 Å². The molecule has 0 amide bonds. The summed E-state index contributed by atoms with van der Waals surface area (Å²) in [4.78, 5) is 0. The van der Waals surface area contributed by atoms with Crippen molar-refractivity contribution in [3.63, 3.8) is 0 Å². The van der Waals surface area contributed by atoms with Crippen molar-refractivity contribution in [3.8, 4) is 0 Å². The lowest BCUT2D eigenvalue weighted by molar-refractivity contribution is -0.195. The van der Waals surface area contributed by atoms with Crippen molar-refractivity contribution in [3.05, 3.63) is 35.4 Å². The predicted octanol–water partition coefficient (Wildman–Crippen LogP) is 3.84. The van der Waals surface area contributed by atoms with Crippen molar-refractivity contribution < 1.29 is 38.6 Å². The van der Waals surface area contributed by atoms with Gasteiger partial charge in [-0.15, -0.1) is 0 Å². The van der Waals surface area contributed by atoms with Gasteiger partial charge in [-0.1, -0.05) is 51.0 Å². The van der Waals surface area contributed by atoms with E-state index in [0.717, 1.165) is 50.0 Å². The van der Waals surface area contributed by atoms with E-state index >= 15 is 0 Å². The van der Waals surface area contributed by atoms with Crippen LogP contribution in [-0.2, 0) is 40.4 Å². The lowest BCUT2D eigenvalue weighted by atomic mass is 9.94. The molecule has 0 fully saturated rings. The summed E-state index contributed by atoms with van der Waals surface area (Å²) in [6.45, 7) is 13.1. The van der Waals surface area contributed by atoms with Crippen LogP contribution in [0.15, 0.2) is 24.3 Å². The molecule has 1 aromatic rings. The number of hydrogen-bond acceptors (Lipinski definition) is 8. The van der Waals surface area contributed by atoms with Crippen LogP contribution in [0.3, 0.4) is 0 Å². The second-order valence-electron chi connectivity index (χ2n) is 9.38. The van der Waals surface area contributed by atoms with Crippen molar-refractivity contribution in [1.82, 2.24) is 0 Å². The fourth-order valence-corrected chi connectivity index (χ4v) is 3.34. The zero-order chi connectivity index (χ0) is 26.5. The van der Waals surface area contributed by atoms with Crippen LogP contribution in [0.1, 0.15) is 64.5 Å². The molecule has 0 aliphatic rings. The Morgan fingerprint density at radius 1 is 0.611 bits per heavy atom. The summed E-state index contributed by atoms with van der Waals surface area (Å²) in [5, 5.41) is 21.4. The highest BCUT2D eigenvalue weighted by molar-refractivity contribution is 5.27. The average molecular weight is 515 g/mol. The Bertz CT molecular complexity index is 633. The Hall–Kier alpha value is -1.10. The Labute approximate surface area is 218 Å². The van der Waals surface area contributed by atoms with Gasteiger partial charge in [0.15, 0.2) is 5.79 Å². The second-order valence-corrected chi connectivity index (χ2v) is 9.38. The minimum Gasteiger partial charge on any atom is -0.383 e. The molecule has 8 nitrogen and oxygen atoms in total. The first kappa shape index (κ1) is 32.9. The van der Waals surface area contributed by atoms with Gasteiger partial charge in [0.05, 0.1) is 59.5 Å². The van der Waals surface area contributed by atoms with E-state index in [1.54, 1.807) is 13.8 Å². The highest BCUT2D eigenvalue weighted by Crippen LogP contribution is 2.23. The van der Waals surface area contributed by atoms with E-state index in [2.05, 4.69) is 13.8 Å². The quantitative estimate of drug-likeness (QED) is 0.159. The maximum absolute atomic E-state index is 10.8. The van der Waals surface area contributed by atoms with Crippen LogP contribution >= 0.6 is 0 Å². The molecule has 0 saturated heterocycles. The van der Waals surface area contributed by atoms with Gasteiger partial charge < -0.3 is 38.6 Å². The molecule has 0 saturated carbocycles. The van der Waals surface area contributed by atoms with E-state index in [1.165, 1.54) is 0 Å². The van der Waals surface area contributed by atoms with Gasteiger partial charge in [0.2, 0.25) is 0 Å². The van der Waals surface area contributed by atoms with Crippen molar-refractivity contribution in [2.45, 2.75) is 71.2 Å². The molecule has 0 radical (unpaired) electrons. The van der Waals surface area contributed by atoms with Crippen LogP contribution in [0.5, 0.6) is 0 Å². The molecule has 210 valence electrons. The Balaban J connectivity index is 2.23. The van der Waals surface area contributed by atoms with E-state index < -0.39 is 11.4 Å². The van der Waals surface area contributed by atoms with Gasteiger partial charge >= 0.3 is 0 Å². The average Bonchev–Trinajstić information content (AvgIpc) is 2.84. The summed E-state index contributed by atoms with van der Waals surface area (Å²) in [6.07, 6.45) is 4.69. The van der Waals surface area contributed by atoms with Gasteiger partial charge in [0.25, 0.3) is 0 Å². The molecule has 0 aliphatic carbocycles. The normalized spacial score (nSPS) is 15.1. The van der Waals surface area contributed by atoms with Crippen LogP contribution in [0.25, 0.3) is 0 Å². The fraction of sp³-hybridized carbons (Fsp3) is 0.786. The lowest BCUT2D eigenvalue weighted by Gasteiger charge is -2.26. The minimum atomic E-state index is -1.31. The summed E-state index contributed by atoms with van der Waals surface area (Å²) in [5.41, 5.74) is 0.519. The second kappa shape index (κ2) is 19.9. The first-order valence-corrected chi connectivity index (χ1v) is 13.4. The van der Waals surface area contributed by atoms with E-state index in [0.29, 0.717) is 59.3 Å². The zero-order valence-electron chi connectivity index (χ0n) is 23.0. The number of unbranched alkanes of at least 4 members (excludes halogenated alkanes) is 2. The molecule has 0 heterocycles. The van der Waals surface area contributed by atoms with Crippen molar-refractivity contribution in [2.24, 2.45) is 0 Å². The van der Waals surface area contributed by atoms with Crippen LogP contribution in [-0.4, -0.2) is 88.7 Å². The van der Waals surface area contributed by atoms with Gasteiger partial charge in [-0.3, -0.25) is 0 Å². The summed E-state index contributed by atoms with van der Waals surface area (Å²) < 4.78 is 33.0. The SMILES string of the molecule is CCCCOCCOCCOCC(C)(O)c1ccc(CC(C)(O)OCCOCCOCCCC)cc1. The first-order chi connectivity index (χ1) is 17.3. The van der Waals surface area contributed by atoms with Gasteiger partial charge in [0.1, 0.15) is 5.60 Å². The molecule has 0 bridgehead atoms. The van der Waals surface area contributed by atoms with Gasteiger partial charge in [-0.25, -0.2) is 0 Å². The topological polar surface area (TPSA) is 95.8 Å². The molecule has 1 aromatic carbocycles. The third kappa shape index (κ3) is 16.6. The largest absolute Gasteiger partial charge is 0.383 e. The van der Waals surface area contributed by atoms with Crippen LogP contribution in [0.2, 0.25) is 0 Å². The lowest BCUT2D eigenvalue weighted by Crippen LogP contribution is -2.32. The number of benzene rings is 1. The molecule has 0 aliphatic heterocycles. The molecule has 1 rings (SSSR count). The van der Waals surface area contributed by atoms with Crippen LogP contribution in [0.4, 0.5) is 0 Å². The Morgan fingerprint density at radius 3 is 1.56 bits per heavy atom. The monoisotopic (exact) mass is 514 g/mol. The predicted molar refractivity (Wildman–Crippen MR) is 140 cm³/mol. The van der Waals surface area contributed by atoms with Gasteiger partial charge in [0, 0.05) is 19.6 Å². The molecule has 0 spiro atoms. The Morgan fingerprint density at radius 2 is 1.06 bits per heavy atom. The highest BCUT2D eigenvalue weighted by Gasteiger charge is 2.25. The summed E-state index contributed by atoms with van der Waals surface area (Å²) in [5.74, 6) is -1.31. The first-order valence-electron chi connectivity index (χ1n) is 13.4. The van der Waals surface area contributed by atoms with Crippen molar-refractivity contribution >= 4 is 0 Å². The minimum absolute atomic E-state index is 0.160. The van der Waals surface area contributed by atoms with E-state index in [9.17, 15) is 10.2 Å². The number of rotatable bonds is 24. The maximum Gasteiger partial charge on any atom is 0.166 e. The molecular weight excluding hydrogens is 464 g/mol. The third-order valence-corrected chi connectivity index (χ3v) is 5.53. The van der Waals surface area contributed by atoms with E-state index in [1.807, 2.05) is 24.3 Å². The molecule has 8 heteroatoms. The summed E-state index contributed by atoms with van der Waals surface area (Å²) >= 11 is 0. The molecule has 2 unspecified atom stereocenters. The number of hydrogen-bond donors (Lipinski definition) is 2. The fourth-order valence-electron chi connectivity index (χ4n) is 3.34. The van der Waals surface area contributed by atoms with E-state index in [4.69, 9.17) is 28.4 Å². The van der Waals surface area contributed by atoms with E-state index in [-0.39, 0.29) is 6.61 Å². The smallest absolute Gasteiger partial charge is 0.166 e. The zero-order valence-corrected chi connectivity index (χ0v) is 23.0. The molecular formula is C28H50O8. The van der Waals surface area contributed by atoms with Crippen LogP contribution < -0.4 is 0 Å². The Kier molecular flexibility index (Phi) is 18.2. The van der Waals surface area contributed by atoms with Gasteiger partial charge in [-0.2, -0.15) is 0 Å². The number of aliphatic hydroxyl groups is 2. The molecule has 2 atom stereocenters. The molecule has 2 N–H and O–H groups in total. The third-order valence-electron chi connectivity index (χ3n) is 5.53. The van der Waals surface area contributed by atoms with Crippen LogP contribution in [0, 0.1) is 0 Å². The summed E-state index contributed by atoms with van der Waals surface area (Å²) in [7, 11) is 0. The standard InChI is InChI=1S/C28H50O8/c1-5-7-13-31-15-17-33-19-20-35-24-27(3,29)26-11-9-25(10-12-26)23-28(4,30)36-22-21-34-18-16-32-14-8-6-2/h9-12,29-30H,5-8,13-24H2,1-4H3. The molecule has 36 heavy (non-hydrogen) atoms.